The van der Waals surface area contributed by atoms with Crippen LogP contribution in [0.2, 0.25) is 0 Å². The fraction of sp³-hybridized carbons (Fsp3) is 0.571. The number of pyridine rings is 1. The lowest BCUT2D eigenvalue weighted by Gasteiger charge is -2.57. The van der Waals surface area contributed by atoms with Gasteiger partial charge in [-0.2, -0.15) is 0 Å². The van der Waals surface area contributed by atoms with Gasteiger partial charge in [-0.25, -0.2) is 4.79 Å². The second-order valence-electron chi connectivity index (χ2n) is 5.49. The van der Waals surface area contributed by atoms with E-state index in [9.17, 15) is 9.90 Å². The van der Waals surface area contributed by atoms with Crippen molar-refractivity contribution in [1.82, 2.24) is 9.88 Å². The average Bonchev–Trinajstić information content (AvgIpc) is 2.38. The van der Waals surface area contributed by atoms with Crippen LogP contribution in [0, 0.1) is 5.41 Å². The SMILES string of the molecule is O=C(O)N1CC2(CCCCC2)C1c1ccccn1. The molecule has 0 radical (unpaired) electrons. The van der Waals surface area contributed by atoms with Crippen LogP contribution in [0.15, 0.2) is 24.4 Å². The molecule has 1 unspecified atom stereocenters. The van der Waals surface area contributed by atoms with Crippen molar-refractivity contribution >= 4 is 6.09 Å². The zero-order chi connectivity index (χ0) is 12.6. The fourth-order valence-electron chi connectivity index (χ4n) is 3.61. The normalized spacial score (nSPS) is 25.8. The molecular weight excluding hydrogens is 228 g/mol. The summed E-state index contributed by atoms with van der Waals surface area (Å²) in [4.78, 5) is 17.2. The van der Waals surface area contributed by atoms with E-state index >= 15 is 0 Å². The molecule has 1 N–H and O–H groups in total. The molecule has 4 nitrogen and oxygen atoms in total. The summed E-state index contributed by atoms with van der Waals surface area (Å²) < 4.78 is 0. The molecule has 0 aromatic carbocycles. The van der Waals surface area contributed by atoms with Crippen molar-refractivity contribution < 1.29 is 9.90 Å². The van der Waals surface area contributed by atoms with E-state index in [0.717, 1.165) is 18.5 Å². The molecule has 1 atom stereocenters. The second-order valence-corrected chi connectivity index (χ2v) is 5.49. The van der Waals surface area contributed by atoms with Crippen LogP contribution in [0.3, 0.4) is 0 Å². The van der Waals surface area contributed by atoms with E-state index in [2.05, 4.69) is 4.98 Å². The molecule has 1 aliphatic carbocycles. The monoisotopic (exact) mass is 246 g/mol. The number of aromatic nitrogens is 1. The quantitative estimate of drug-likeness (QED) is 0.828. The van der Waals surface area contributed by atoms with Crippen LogP contribution < -0.4 is 0 Å². The van der Waals surface area contributed by atoms with E-state index in [1.54, 1.807) is 11.1 Å². The van der Waals surface area contributed by atoms with Crippen molar-refractivity contribution in [3.63, 3.8) is 0 Å². The number of carbonyl (C=O) groups is 1. The van der Waals surface area contributed by atoms with Crippen molar-refractivity contribution in [2.45, 2.75) is 38.1 Å². The molecule has 4 heteroatoms. The van der Waals surface area contributed by atoms with E-state index < -0.39 is 6.09 Å². The smallest absolute Gasteiger partial charge is 0.407 e. The molecule has 96 valence electrons. The summed E-state index contributed by atoms with van der Waals surface area (Å²) in [6.07, 6.45) is 6.93. The molecule has 1 aliphatic heterocycles. The van der Waals surface area contributed by atoms with Crippen LogP contribution in [-0.4, -0.2) is 27.6 Å². The largest absolute Gasteiger partial charge is 0.465 e. The van der Waals surface area contributed by atoms with Gasteiger partial charge in [0.15, 0.2) is 0 Å². The Balaban J connectivity index is 1.91. The number of rotatable bonds is 1. The predicted molar refractivity (Wildman–Crippen MR) is 67.2 cm³/mol. The number of hydrogen-bond donors (Lipinski definition) is 1. The van der Waals surface area contributed by atoms with Gasteiger partial charge in [-0.1, -0.05) is 25.3 Å². The van der Waals surface area contributed by atoms with Crippen LogP contribution in [-0.2, 0) is 0 Å². The lowest BCUT2D eigenvalue weighted by atomic mass is 9.62. The number of likely N-dealkylation sites (tertiary alicyclic amines) is 1. The first kappa shape index (κ1) is 11.5. The Morgan fingerprint density at radius 1 is 1.33 bits per heavy atom. The Morgan fingerprint density at radius 2 is 2.11 bits per heavy atom. The van der Waals surface area contributed by atoms with Gasteiger partial charge in [-0.05, 0) is 25.0 Å². The lowest BCUT2D eigenvalue weighted by molar-refractivity contribution is -0.0834. The average molecular weight is 246 g/mol. The van der Waals surface area contributed by atoms with Crippen LogP contribution in [0.1, 0.15) is 43.8 Å². The second kappa shape index (κ2) is 4.26. The molecule has 1 spiro atoms. The molecule has 3 rings (SSSR count). The molecule has 1 saturated carbocycles. The van der Waals surface area contributed by atoms with Gasteiger partial charge >= 0.3 is 6.09 Å². The summed E-state index contributed by atoms with van der Waals surface area (Å²) in [7, 11) is 0. The van der Waals surface area contributed by atoms with Crippen LogP contribution >= 0.6 is 0 Å². The number of hydrogen-bond acceptors (Lipinski definition) is 2. The Labute approximate surface area is 107 Å². The van der Waals surface area contributed by atoms with E-state index in [1.165, 1.54) is 19.3 Å². The number of carboxylic acid groups (broad SMARTS) is 1. The maximum absolute atomic E-state index is 11.3. The summed E-state index contributed by atoms with van der Waals surface area (Å²) in [5.74, 6) is 0. The third kappa shape index (κ3) is 1.67. The molecule has 1 aromatic heterocycles. The minimum absolute atomic E-state index is 0.0310. The topological polar surface area (TPSA) is 53.4 Å². The summed E-state index contributed by atoms with van der Waals surface area (Å²) in [6.45, 7) is 0.684. The van der Waals surface area contributed by atoms with Gasteiger partial charge in [0.2, 0.25) is 0 Å². The van der Waals surface area contributed by atoms with Crippen LogP contribution in [0.25, 0.3) is 0 Å². The minimum atomic E-state index is -0.818. The van der Waals surface area contributed by atoms with E-state index in [1.807, 2.05) is 18.2 Å². The van der Waals surface area contributed by atoms with Gasteiger partial charge in [0.25, 0.3) is 0 Å². The molecule has 1 aromatic rings. The Kier molecular flexibility index (Phi) is 2.73. The first-order valence-electron chi connectivity index (χ1n) is 6.63. The predicted octanol–water partition coefficient (Wildman–Crippen LogP) is 3.07. The van der Waals surface area contributed by atoms with Gasteiger partial charge in [0, 0.05) is 18.2 Å². The molecule has 1 saturated heterocycles. The summed E-state index contributed by atoms with van der Waals surface area (Å²) in [5.41, 5.74) is 1.07. The molecular formula is C14H18N2O2. The highest BCUT2D eigenvalue weighted by Crippen LogP contribution is 2.56. The Bertz CT molecular complexity index is 440. The van der Waals surface area contributed by atoms with Crippen molar-refractivity contribution in [2.24, 2.45) is 5.41 Å². The molecule has 18 heavy (non-hydrogen) atoms. The fourth-order valence-corrected chi connectivity index (χ4v) is 3.61. The summed E-state index contributed by atoms with van der Waals surface area (Å²) >= 11 is 0. The van der Waals surface area contributed by atoms with Crippen molar-refractivity contribution in [3.8, 4) is 0 Å². The third-order valence-corrected chi connectivity index (χ3v) is 4.44. The first-order valence-corrected chi connectivity index (χ1v) is 6.63. The summed E-state index contributed by atoms with van der Waals surface area (Å²) in [6, 6.07) is 5.74. The zero-order valence-corrected chi connectivity index (χ0v) is 10.4. The Morgan fingerprint density at radius 3 is 2.72 bits per heavy atom. The van der Waals surface area contributed by atoms with Crippen molar-refractivity contribution in [3.05, 3.63) is 30.1 Å². The van der Waals surface area contributed by atoms with E-state index in [0.29, 0.717) is 6.54 Å². The van der Waals surface area contributed by atoms with Gasteiger partial charge < -0.3 is 5.11 Å². The highest BCUT2D eigenvalue weighted by Gasteiger charge is 2.55. The van der Waals surface area contributed by atoms with Crippen LogP contribution in [0.5, 0.6) is 0 Å². The molecule has 0 bridgehead atoms. The molecule has 2 fully saturated rings. The van der Waals surface area contributed by atoms with Crippen LogP contribution in [0.4, 0.5) is 4.79 Å². The zero-order valence-electron chi connectivity index (χ0n) is 10.4. The van der Waals surface area contributed by atoms with E-state index in [-0.39, 0.29) is 11.5 Å². The molecule has 2 heterocycles. The summed E-state index contributed by atoms with van der Waals surface area (Å²) in [5, 5.41) is 9.28. The maximum atomic E-state index is 11.3. The highest BCUT2D eigenvalue weighted by molar-refractivity contribution is 5.67. The third-order valence-electron chi connectivity index (χ3n) is 4.44. The first-order chi connectivity index (χ1) is 8.73. The highest BCUT2D eigenvalue weighted by atomic mass is 16.4. The van der Waals surface area contributed by atoms with Gasteiger partial charge in [0.05, 0.1) is 11.7 Å². The maximum Gasteiger partial charge on any atom is 0.407 e. The molecule has 2 aliphatic rings. The van der Waals surface area contributed by atoms with Crippen molar-refractivity contribution in [1.29, 1.82) is 0 Å². The van der Waals surface area contributed by atoms with E-state index in [4.69, 9.17) is 0 Å². The number of amides is 1. The standard InChI is InChI=1S/C14H18N2O2/c17-13(18)16-10-14(7-3-1-4-8-14)12(16)11-6-2-5-9-15-11/h2,5-6,9,12H,1,3-4,7-8,10H2,(H,17,18). The van der Waals surface area contributed by atoms with Gasteiger partial charge in [-0.3, -0.25) is 9.88 Å². The lowest BCUT2D eigenvalue weighted by Crippen LogP contribution is -2.61. The van der Waals surface area contributed by atoms with Gasteiger partial charge in [0.1, 0.15) is 0 Å². The van der Waals surface area contributed by atoms with Crippen molar-refractivity contribution in [2.75, 3.05) is 6.54 Å². The minimum Gasteiger partial charge on any atom is -0.465 e. The number of nitrogens with zero attached hydrogens (tertiary/aromatic N) is 2. The van der Waals surface area contributed by atoms with Gasteiger partial charge in [-0.15, -0.1) is 0 Å². The molecule has 1 amide bonds. The Hall–Kier alpha value is -1.58.